The van der Waals surface area contributed by atoms with Crippen LogP contribution in [-0.2, 0) is 22.3 Å². The maximum atomic E-state index is 13.3. The highest BCUT2D eigenvalue weighted by atomic mass is 32.2. The molecular weight excluding hydrogens is 465 g/mol. The van der Waals surface area contributed by atoms with Crippen LogP contribution in [0.3, 0.4) is 0 Å². The Balaban J connectivity index is 1.52. The number of halogens is 3. The molecule has 2 heterocycles. The smallest absolute Gasteiger partial charge is 0.378 e. The Morgan fingerprint density at radius 2 is 1.94 bits per heavy atom. The van der Waals surface area contributed by atoms with Gasteiger partial charge in [0, 0.05) is 19.6 Å². The van der Waals surface area contributed by atoms with E-state index in [-0.39, 0.29) is 17.3 Å². The second-order valence-corrected chi connectivity index (χ2v) is 9.00. The number of nitrogens with one attached hydrogen (secondary N) is 1. The first-order valence-corrected chi connectivity index (χ1v) is 12.3. The van der Waals surface area contributed by atoms with Gasteiger partial charge in [0.2, 0.25) is 5.91 Å². The largest absolute Gasteiger partial charge is 0.416 e. The lowest BCUT2D eigenvalue weighted by atomic mass is 10.1. The Morgan fingerprint density at radius 1 is 1.18 bits per heavy atom. The first-order chi connectivity index (χ1) is 16.4. The van der Waals surface area contributed by atoms with Crippen LogP contribution in [0.2, 0.25) is 0 Å². The summed E-state index contributed by atoms with van der Waals surface area (Å²) in [5, 5.41) is 3.43. The van der Waals surface area contributed by atoms with E-state index in [0.29, 0.717) is 32.0 Å². The van der Waals surface area contributed by atoms with Gasteiger partial charge in [-0.25, -0.2) is 4.98 Å². The topological polar surface area (TPSA) is 59.4 Å². The number of aromatic nitrogens is 2. The number of carbonyl (C=O) groups is 1. The summed E-state index contributed by atoms with van der Waals surface area (Å²) < 4.78 is 47.5. The number of amides is 1. The van der Waals surface area contributed by atoms with Crippen LogP contribution < -0.4 is 10.2 Å². The number of alkyl halides is 3. The fraction of sp³-hybridized carbons (Fsp3) is 0.417. The van der Waals surface area contributed by atoms with Crippen LogP contribution in [0.4, 0.5) is 24.5 Å². The van der Waals surface area contributed by atoms with Crippen LogP contribution in [0.5, 0.6) is 0 Å². The molecule has 1 amide bonds. The van der Waals surface area contributed by atoms with Gasteiger partial charge in [-0.05, 0) is 36.8 Å². The van der Waals surface area contributed by atoms with Crippen molar-refractivity contribution in [2.24, 2.45) is 0 Å². The predicted octanol–water partition coefficient (Wildman–Crippen LogP) is 5.42. The molecule has 1 aliphatic rings. The SMILES string of the molecule is CCCCn1c(SCC(=O)Nc2cc(C(F)(F)F)ccc2N2CCOCC2)nc2ccccc21. The molecule has 6 nitrogen and oxygen atoms in total. The monoisotopic (exact) mass is 492 g/mol. The molecule has 1 fully saturated rings. The van der Waals surface area contributed by atoms with Crippen molar-refractivity contribution >= 4 is 40.1 Å². The highest BCUT2D eigenvalue weighted by Crippen LogP contribution is 2.36. The van der Waals surface area contributed by atoms with E-state index in [1.807, 2.05) is 29.2 Å². The summed E-state index contributed by atoms with van der Waals surface area (Å²) >= 11 is 1.29. The number of morpholine rings is 1. The molecule has 10 heteroatoms. The van der Waals surface area contributed by atoms with Gasteiger partial charge in [-0.1, -0.05) is 37.2 Å². The summed E-state index contributed by atoms with van der Waals surface area (Å²) in [7, 11) is 0. The van der Waals surface area contributed by atoms with Crippen LogP contribution in [0.25, 0.3) is 11.0 Å². The molecule has 4 rings (SSSR count). The number of benzene rings is 2. The molecule has 34 heavy (non-hydrogen) atoms. The molecule has 1 saturated heterocycles. The van der Waals surface area contributed by atoms with Crippen molar-refractivity contribution in [2.45, 2.75) is 37.6 Å². The lowest BCUT2D eigenvalue weighted by Crippen LogP contribution is -2.37. The second kappa shape index (κ2) is 10.7. The Labute approximate surface area is 200 Å². The average Bonchev–Trinajstić information content (AvgIpc) is 3.18. The van der Waals surface area contributed by atoms with E-state index in [9.17, 15) is 18.0 Å². The van der Waals surface area contributed by atoms with E-state index in [4.69, 9.17) is 4.74 Å². The van der Waals surface area contributed by atoms with Crippen LogP contribution in [0.15, 0.2) is 47.6 Å². The molecular formula is C24H27F3N4O2S. The molecule has 0 aliphatic carbocycles. The summed E-state index contributed by atoms with van der Waals surface area (Å²) in [5.41, 5.74) is 1.78. The minimum absolute atomic E-state index is 0.0360. The number of thioether (sulfide) groups is 1. The van der Waals surface area contributed by atoms with E-state index in [2.05, 4.69) is 21.8 Å². The first kappa shape index (κ1) is 24.4. The molecule has 0 bridgehead atoms. The zero-order valence-electron chi connectivity index (χ0n) is 18.9. The summed E-state index contributed by atoms with van der Waals surface area (Å²) in [6.07, 6.45) is -2.49. The maximum absolute atomic E-state index is 13.3. The number of aryl methyl sites for hydroxylation is 1. The number of fused-ring (bicyclic) bond motifs is 1. The molecule has 0 spiro atoms. The van der Waals surface area contributed by atoms with Crippen molar-refractivity contribution in [1.29, 1.82) is 0 Å². The summed E-state index contributed by atoms with van der Waals surface area (Å²) in [6.45, 7) is 4.96. The number of rotatable bonds is 8. The van der Waals surface area contributed by atoms with Gasteiger partial charge in [0.1, 0.15) is 0 Å². The number of ether oxygens (including phenoxy) is 1. The van der Waals surface area contributed by atoms with Crippen LogP contribution >= 0.6 is 11.8 Å². The van der Waals surface area contributed by atoms with Crippen LogP contribution in [-0.4, -0.2) is 47.5 Å². The zero-order chi connectivity index (χ0) is 24.1. The second-order valence-electron chi connectivity index (χ2n) is 8.05. The van der Waals surface area contributed by atoms with Gasteiger partial charge < -0.3 is 19.5 Å². The van der Waals surface area contributed by atoms with Crippen molar-refractivity contribution in [3.05, 3.63) is 48.0 Å². The van der Waals surface area contributed by atoms with Crippen molar-refractivity contribution in [3.63, 3.8) is 0 Å². The Kier molecular flexibility index (Phi) is 7.67. The molecule has 182 valence electrons. The van der Waals surface area contributed by atoms with Crippen molar-refractivity contribution < 1.29 is 22.7 Å². The van der Waals surface area contributed by atoms with Crippen molar-refractivity contribution in [1.82, 2.24) is 9.55 Å². The number of hydrogen-bond acceptors (Lipinski definition) is 5. The summed E-state index contributed by atoms with van der Waals surface area (Å²) in [4.78, 5) is 19.4. The van der Waals surface area contributed by atoms with E-state index >= 15 is 0 Å². The lowest BCUT2D eigenvalue weighted by molar-refractivity contribution is -0.137. The molecule has 0 radical (unpaired) electrons. The summed E-state index contributed by atoms with van der Waals surface area (Å²) in [6, 6.07) is 11.3. The highest BCUT2D eigenvalue weighted by molar-refractivity contribution is 7.99. The van der Waals surface area contributed by atoms with E-state index in [1.165, 1.54) is 17.8 Å². The Morgan fingerprint density at radius 3 is 2.68 bits per heavy atom. The minimum atomic E-state index is -4.50. The number of nitrogens with zero attached hydrogens (tertiary/aromatic N) is 3. The quantitative estimate of drug-likeness (QED) is 0.426. The van der Waals surface area contributed by atoms with E-state index in [1.54, 1.807) is 0 Å². The minimum Gasteiger partial charge on any atom is -0.378 e. The number of carbonyl (C=O) groups excluding carboxylic acids is 1. The fourth-order valence-corrected chi connectivity index (χ4v) is 4.75. The number of unbranched alkanes of at least 4 members (excludes halogenated alkanes) is 1. The molecule has 1 aromatic heterocycles. The van der Waals surface area contributed by atoms with Crippen molar-refractivity contribution in [2.75, 3.05) is 42.3 Å². The number of anilines is 2. The third-order valence-electron chi connectivity index (χ3n) is 5.64. The van der Waals surface area contributed by atoms with Gasteiger partial charge in [0.15, 0.2) is 5.16 Å². The van der Waals surface area contributed by atoms with Gasteiger partial charge in [-0.3, -0.25) is 4.79 Å². The number of imidazole rings is 1. The molecule has 0 saturated carbocycles. The highest BCUT2D eigenvalue weighted by Gasteiger charge is 2.32. The molecule has 2 aromatic carbocycles. The standard InChI is InChI=1S/C24H27F3N4O2S/c1-2-3-10-31-21-7-5-4-6-18(21)29-23(31)34-16-22(32)28-19-15-17(24(25,26)27)8-9-20(19)30-11-13-33-14-12-30/h4-9,15H,2-3,10-14,16H2,1H3,(H,28,32). The Hall–Kier alpha value is -2.72. The average molecular weight is 493 g/mol. The Bertz CT molecular complexity index is 1140. The van der Waals surface area contributed by atoms with Gasteiger partial charge >= 0.3 is 6.18 Å². The molecule has 1 aliphatic heterocycles. The van der Waals surface area contributed by atoms with Gasteiger partial charge in [0.05, 0.1) is 46.9 Å². The number of hydrogen-bond donors (Lipinski definition) is 1. The third kappa shape index (κ3) is 5.67. The first-order valence-electron chi connectivity index (χ1n) is 11.3. The molecule has 3 aromatic rings. The van der Waals surface area contributed by atoms with E-state index < -0.39 is 11.7 Å². The van der Waals surface area contributed by atoms with Crippen LogP contribution in [0.1, 0.15) is 25.3 Å². The normalized spacial score (nSPS) is 14.5. The zero-order valence-corrected chi connectivity index (χ0v) is 19.7. The lowest BCUT2D eigenvalue weighted by Gasteiger charge is -2.31. The van der Waals surface area contributed by atoms with Gasteiger partial charge in [-0.15, -0.1) is 0 Å². The van der Waals surface area contributed by atoms with E-state index in [0.717, 1.165) is 47.7 Å². The number of para-hydroxylation sites is 2. The maximum Gasteiger partial charge on any atom is 0.416 e. The van der Waals surface area contributed by atoms with Gasteiger partial charge in [0.25, 0.3) is 0 Å². The molecule has 1 N–H and O–H groups in total. The molecule has 0 atom stereocenters. The van der Waals surface area contributed by atoms with Crippen molar-refractivity contribution in [3.8, 4) is 0 Å². The molecule has 0 unspecified atom stereocenters. The van der Waals surface area contributed by atoms with Crippen LogP contribution in [0, 0.1) is 0 Å². The summed E-state index contributed by atoms with van der Waals surface area (Å²) in [5.74, 6) is -0.346. The van der Waals surface area contributed by atoms with Gasteiger partial charge in [-0.2, -0.15) is 13.2 Å². The fourth-order valence-electron chi connectivity index (χ4n) is 3.90. The predicted molar refractivity (Wildman–Crippen MR) is 128 cm³/mol. The third-order valence-corrected chi connectivity index (χ3v) is 6.61.